The van der Waals surface area contributed by atoms with Crippen LogP contribution in [-0.2, 0) is 13.6 Å². The smallest absolute Gasteiger partial charge is 0.329 e. The molecule has 0 bridgehead atoms. The van der Waals surface area contributed by atoms with Crippen molar-refractivity contribution in [1.29, 1.82) is 0 Å². The number of unbranched alkanes of at least 4 members (excludes halogenated alkanes) is 6. The molecule has 9 heteroatoms. The molecule has 0 saturated carbocycles. The van der Waals surface area contributed by atoms with Gasteiger partial charge in [-0.25, -0.2) is 10.2 Å². The molecule has 0 atom stereocenters. The van der Waals surface area contributed by atoms with E-state index in [1.165, 1.54) is 36.5 Å². The Morgan fingerprint density at radius 3 is 2.58 bits per heavy atom. The number of imidazole rings is 1. The number of nitrogens with zero attached hydrogens (tertiary/aromatic N) is 4. The van der Waals surface area contributed by atoms with Gasteiger partial charge in [0.05, 0.1) is 6.21 Å². The first kappa shape index (κ1) is 22.3. The number of aromatic hydroxyl groups is 1. The second-order valence-electron chi connectivity index (χ2n) is 7.63. The van der Waals surface area contributed by atoms with Gasteiger partial charge in [-0.15, -0.1) is 0 Å². The van der Waals surface area contributed by atoms with Crippen LogP contribution in [0.2, 0.25) is 0 Å². The van der Waals surface area contributed by atoms with Gasteiger partial charge in [0.25, 0.3) is 5.56 Å². The van der Waals surface area contributed by atoms with Crippen LogP contribution in [-0.4, -0.2) is 30.4 Å². The third-order valence-electron chi connectivity index (χ3n) is 5.30. The number of hydrogen-bond acceptors (Lipinski definition) is 6. The van der Waals surface area contributed by atoms with E-state index >= 15 is 0 Å². The minimum Gasteiger partial charge on any atom is -0.507 e. The van der Waals surface area contributed by atoms with Crippen molar-refractivity contribution in [3.8, 4) is 5.75 Å². The third-order valence-corrected chi connectivity index (χ3v) is 5.30. The Bertz CT molecular complexity index is 1160. The summed E-state index contributed by atoms with van der Waals surface area (Å²) < 4.78 is 3.08. The van der Waals surface area contributed by atoms with E-state index in [0.29, 0.717) is 29.2 Å². The SMILES string of the molecule is CCCCCCCCCn1c(N/N=C/c2ccccc2O)nc2c1c(=O)[nH]c(=O)n2C. The van der Waals surface area contributed by atoms with Gasteiger partial charge in [-0.1, -0.05) is 57.6 Å². The molecule has 0 aliphatic rings. The summed E-state index contributed by atoms with van der Waals surface area (Å²) in [7, 11) is 1.57. The number of aryl methyl sites for hydroxylation is 2. The van der Waals surface area contributed by atoms with Crippen LogP contribution in [0.15, 0.2) is 39.0 Å². The van der Waals surface area contributed by atoms with Crippen molar-refractivity contribution < 1.29 is 5.11 Å². The Balaban J connectivity index is 1.82. The van der Waals surface area contributed by atoms with Crippen LogP contribution in [0.25, 0.3) is 11.2 Å². The van der Waals surface area contributed by atoms with Gasteiger partial charge in [0.1, 0.15) is 5.75 Å². The predicted octanol–water partition coefficient (Wildman–Crippen LogP) is 3.33. The monoisotopic (exact) mass is 426 g/mol. The summed E-state index contributed by atoms with van der Waals surface area (Å²) in [6, 6.07) is 6.84. The van der Waals surface area contributed by atoms with E-state index in [-0.39, 0.29) is 5.75 Å². The average Bonchev–Trinajstić information content (AvgIpc) is 3.12. The molecule has 31 heavy (non-hydrogen) atoms. The topological polar surface area (TPSA) is 117 Å². The lowest BCUT2D eigenvalue weighted by Crippen LogP contribution is -2.29. The second kappa shape index (κ2) is 10.6. The maximum Gasteiger partial charge on any atom is 0.329 e. The van der Waals surface area contributed by atoms with Gasteiger partial charge < -0.3 is 9.67 Å². The number of hydrogen-bond donors (Lipinski definition) is 3. The summed E-state index contributed by atoms with van der Waals surface area (Å²) in [5, 5.41) is 14.0. The van der Waals surface area contributed by atoms with Crippen LogP contribution in [0.3, 0.4) is 0 Å². The minimum absolute atomic E-state index is 0.114. The first-order chi connectivity index (χ1) is 15.0. The first-order valence-electron chi connectivity index (χ1n) is 10.8. The van der Waals surface area contributed by atoms with Crippen LogP contribution in [0.4, 0.5) is 5.95 Å². The molecule has 3 aromatic rings. The zero-order valence-corrected chi connectivity index (χ0v) is 18.1. The Hall–Kier alpha value is -3.36. The molecule has 1 aromatic carbocycles. The number of H-pyrrole nitrogens is 1. The van der Waals surface area contributed by atoms with E-state index in [2.05, 4.69) is 27.4 Å². The number of aromatic amines is 1. The minimum atomic E-state index is -0.512. The van der Waals surface area contributed by atoms with Gasteiger partial charge in [0.2, 0.25) is 5.95 Å². The van der Waals surface area contributed by atoms with E-state index < -0.39 is 11.2 Å². The van der Waals surface area contributed by atoms with Crippen molar-refractivity contribution in [1.82, 2.24) is 19.1 Å². The molecule has 2 aromatic heterocycles. The lowest BCUT2D eigenvalue weighted by Gasteiger charge is -2.08. The highest BCUT2D eigenvalue weighted by Gasteiger charge is 2.16. The molecule has 166 valence electrons. The number of rotatable bonds is 11. The standard InChI is InChI=1S/C22H30N6O3/c1-3-4-5-6-7-8-11-14-28-18-19(27(2)22(31)25-20(18)30)24-21(28)26-23-15-16-12-9-10-13-17(16)29/h9-10,12-13,15,29H,3-8,11,14H2,1-2H3,(H,24,26)(H,25,30,31)/b23-15+. The van der Waals surface area contributed by atoms with Crippen LogP contribution < -0.4 is 16.7 Å². The van der Waals surface area contributed by atoms with Crippen molar-refractivity contribution in [2.24, 2.45) is 12.1 Å². The van der Waals surface area contributed by atoms with Crippen LogP contribution in [0.1, 0.15) is 57.4 Å². The second-order valence-corrected chi connectivity index (χ2v) is 7.63. The summed E-state index contributed by atoms with van der Waals surface area (Å²) in [4.78, 5) is 31.3. The number of phenolic OH excluding ortho intramolecular Hbond substituents is 1. The van der Waals surface area contributed by atoms with Gasteiger partial charge in [0.15, 0.2) is 11.2 Å². The molecule has 0 amide bonds. The number of aromatic nitrogens is 4. The maximum atomic E-state index is 12.5. The van der Waals surface area contributed by atoms with Crippen LogP contribution in [0.5, 0.6) is 5.75 Å². The fraction of sp³-hybridized carbons (Fsp3) is 0.455. The summed E-state index contributed by atoms with van der Waals surface area (Å²) in [6.45, 7) is 2.78. The van der Waals surface area contributed by atoms with E-state index in [4.69, 9.17) is 0 Å². The number of fused-ring (bicyclic) bond motifs is 1. The Morgan fingerprint density at radius 2 is 1.84 bits per heavy atom. The number of phenols is 1. The highest BCUT2D eigenvalue weighted by atomic mass is 16.3. The quantitative estimate of drug-likeness (QED) is 0.247. The molecule has 0 fully saturated rings. The van der Waals surface area contributed by atoms with Gasteiger partial charge in [-0.05, 0) is 18.6 Å². The van der Waals surface area contributed by atoms with Crippen molar-refractivity contribution in [2.45, 2.75) is 58.4 Å². The van der Waals surface area contributed by atoms with E-state index in [9.17, 15) is 14.7 Å². The maximum absolute atomic E-state index is 12.5. The summed E-state index contributed by atoms with van der Waals surface area (Å²) in [5.74, 6) is 0.489. The Kier molecular flexibility index (Phi) is 7.64. The normalized spacial score (nSPS) is 11.5. The number of anilines is 1. The highest BCUT2D eigenvalue weighted by molar-refractivity contribution is 5.83. The van der Waals surface area contributed by atoms with Crippen molar-refractivity contribution in [3.05, 3.63) is 50.7 Å². The van der Waals surface area contributed by atoms with E-state index in [1.807, 2.05) is 0 Å². The molecule has 3 rings (SSSR count). The number of para-hydroxylation sites is 1. The van der Waals surface area contributed by atoms with E-state index in [1.54, 1.807) is 35.9 Å². The highest BCUT2D eigenvalue weighted by Crippen LogP contribution is 2.18. The van der Waals surface area contributed by atoms with E-state index in [0.717, 1.165) is 19.3 Å². The molecule has 2 heterocycles. The molecule has 0 radical (unpaired) electrons. The van der Waals surface area contributed by atoms with Crippen LogP contribution in [0, 0.1) is 0 Å². The number of nitrogens with one attached hydrogen (secondary N) is 2. The molecule has 9 nitrogen and oxygen atoms in total. The molecule has 0 saturated heterocycles. The summed E-state index contributed by atoms with van der Waals surface area (Å²) in [6.07, 6.45) is 9.51. The molecular weight excluding hydrogens is 396 g/mol. The van der Waals surface area contributed by atoms with Gasteiger partial charge in [-0.3, -0.25) is 14.3 Å². The largest absolute Gasteiger partial charge is 0.507 e. The predicted molar refractivity (Wildman–Crippen MR) is 123 cm³/mol. The Labute approximate surface area is 180 Å². The molecule has 0 spiro atoms. The zero-order chi connectivity index (χ0) is 22.2. The third kappa shape index (κ3) is 5.42. The molecule has 0 aliphatic heterocycles. The lowest BCUT2D eigenvalue weighted by molar-refractivity contribution is 0.474. The summed E-state index contributed by atoms with van der Waals surface area (Å²) in [5.41, 5.74) is 3.08. The average molecular weight is 427 g/mol. The van der Waals surface area contributed by atoms with Gasteiger partial charge in [0, 0.05) is 19.2 Å². The lowest BCUT2D eigenvalue weighted by atomic mass is 10.1. The van der Waals surface area contributed by atoms with Crippen molar-refractivity contribution in [2.75, 3.05) is 5.43 Å². The molecular formula is C22H30N6O3. The van der Waals surface area contributed by atoms with Gasteiger partial charge >= 0.3 is 5.69 Å². The number of hydrazone groups is 1. The number of benzene rings is 1. The van der Waals surface area contributed by atoms with Crippen LogP contribution >= 0.6 is 0 Å². The summed E-state index contributed by atoms with van der Waals surface area (Å²) >= 11 is 0. The first-order valence-corrected chi connectivity index (χ1v) is 10.8. The zero-order valence-electron chi connectivity index (χ0n) is 18.1. The van der Waals surface area contributed by atoms with Gasteiger partial charge in [-0.2, -0.15) is 10.1 Å². The Morgan fingerprint density at radius 1 is 1.13 bits per heavy atom. The molecule has 3 N–H and O–H groups in total. The molecule has 0 unspecified atom stereocenters. The fourth-order valence-corrected chi connectivity index (χ4v) is 3.52. The van der Waals surface area contributed by atoms with Crippen molar-refractivity contribution in [3.63, 3.8) is 0 Å². The van der Waals surface area contributed by atoms with Crippen molar-refractivity contribution >= 4 is 23.3 Å². The molecule has 0 aliphatic carbocycles. The fourth-order valence-electron chi connectivity index (χ4n) is 3.52.